The molecule has 1 atom stereocenters. The molecule has 41 heavy (non-hydrogen) atoms. The number of aryl methyl sites for hydroxylation is 1. The Hall–Kier alpha value is -3.63. The summed E-state index contributed by atoms with van der Waals surface area (Å²) >= 11 is 6.88. The van der Waals surface area contributed by atoms with Gasteiger partial charge in [-0.25, -0.2) is 4.79 Å². The van der Waals surface area contributed by atoms with E-state index in [1.54, 1.807) is 68.6 Å². The number of ketones is 1. The van der Waals surface area contributed by atoms with Crippen LogP contribution in [0.3, 0.4) is 0 Å². The second-order valence-electron chi connectivity index (χ2n) is 9.35. The summed E-state index contributed by atoms with van der Waals surface area (Å²) in [6.07, 6.45) is 1.55. The average Bonchev–Trinajstić information content (AvgIpc) is 3.32. The molecule has 1 heterocycles. The SMILES string of the molecule is CCCCc1oc2ccc(NC(=O)c3ccc(OC)cc3)cc2c1C(=O)c1cc(Br)c(OC(CC)C(=O)O)c(Br)c1. The van der Waals surface area contributed by atoms with Crippen molar-refractivity contribution in [2.24, 2.45) is 0 Å². The van der Waals surface area contributed by atoms with Crippen LogP contribution in [0.15, 0.2) is 68.0 Å². The number of anilines is 1. The van der Waals surface area contributed by atoms with Gasteiger partial charge in [-0.1, -0.05) is 20.3 Å². The largest absolute Gasteiger partial charge is 0.497 e. The van der Waals surface area contributed by atoms with Crippen molar-refractivity contribution in [2.45, 2.75) is 45.6 Å². The van der Waals surface area contributed by atoms with E-state index in [0.717, 1.165) is 12.8 Å². The molecule has 1 aromatic heterocycles. The van der Waals surface area contributed by atoms with E-state index in [9.17, 15) is 19.5 Å². The fraction of sp³-hybridized carbons (Fsp3) is 0.258. The van der Waals surface area contributed by atoms with E-state index in [2.05, 4.69) is 44.1 Å². The second-order valence-corrected chi connectivity index (χ2v) is 11.1. The molecular weight excluding hydrogens is 658 g/mol. The number of amides is 1. The lowest BCUT2D eigenvalue weighted by Gasteiger charge is -2.16. The summed E-state index contributed by atoms with van der Waals surface area (Å²) in [5, 5.41) is 12.9. The molecule has 3 aromatic carbocycles. The number of carboxylic acid groups (broad SMARTS) is 1. The van der Waals surface area contributed by atoms with Crippen molar-refractivity contribution in [1.82, 2.24) is 0 Å². The lowest BCUT2D eigenvalue weighted by Crippen LogP contribution is -2.26. The smallest absolute Gasteiger partial charge is 0.344 e. The Labute approximate surface area is 254 Å². The molecule has 1 unspecified atom stereocenters. The van der Waals surface area contributed by atoms with E-state index >= 15 is 0 Å². The first-order valence-electron chi connectivity index (χ1n) is 13.1. The van der Waals surface area contributed by atoms with Gasteiger partial charge in [-0.05, 0) is 99.3 Å². The van der Waals surface area contributed by atoms with Crippen LogP contribution in [0.1, 0.15) is 65.1 Å². The predicted octanol–water partition coefficient (Wildman–Crippen LogP) is 8.03. The molecule has 0 radical (unpaired) electrons. The van der Waals surface area contributed by atoms with Crippen LogP contribution >= 0.6 is 31.9 Å². The quantitative estimate of drug-likeness (QED) is 0.145. The van der Waals surface area contributed by atoms with Gasteiger partial charge in [0.2, 0.25) is 0 Å². The van der Waals surface area contributed by atoms with Gasteiger partial charge in [-0.2, -0.15) is 0 Å². The molecule has 0 fully saturated rings. The first-order chi connectivity index (χ1) is 19.7. The second kappa shape index (κ2) is 13.4. The molecule has 8 nitrogen and oxygen atoms in total. The Bertz CT molecular complexity index is 1570. The maximum absolute atomic E-state index is 14.0. The van der Waals surface area contributed by atoms with E-state index < -0.39 is 12.1 Å². The number of ether oxygens (including phenoxy) is 2. The standard InChI is InChI=1S/C31H29Br2NO7/c1-4-6-7-26-27(28(35)18-14-22(32)29(23(33)15-18)41-24(5-2)31(37)38)21-16-19(10-13-25(21)40-26)34-30(36)17-8-11-20(39-3)12-9-17/h8-16,24H,4-7H2,1-3H3,(H,34,36)(H,37,38). The van der Waals surface area contributed by atoms with Gasteiger partial charge in [-0.15, -0.1) is 0 Å². The third-order valence-corrected chi connectivity index (χ3v) is 7.70. The molecule has 214 valence electrons. The van der Waals surface area contributed by atoms with Crippen molar-refractivity contribution >= 4 is 66.2 Å². The average molecular weight is 687 g/mol. The van der Waals surface area contributed by atoms with Gasteiger partial charge in [0, 0.05) is 28.6 Å². The molecule has 0 aliphatic heterocycles. The number of carbonyl (C=O) groups excluding carboxylic acids is 2. The zero-order valence-corrected chi connectivity index (χ0v) is 25.9. The van der Waals surface area contributed by atoms with Crippen LogP contribution in [-0.2, 0) is 11.2 Å². The fourth-order valence-electron chi connectivity index (χ4n) is 4.33. The van der Waals surface area contributed by atoms with Gasteiger partial charge >= 0.3 is 5.97 Å². The minimum atomic E-state index is -1.08. The molecule has 4 rings (SSSR count). The van der Waals surface area contributed by atoms with Crippen LogP contribution in [-0.4, -0.2) is 36.0 Å². The van der Waals surface area contributed by atoms with Gasteiger partial charge in [0.05, 0.1) is 21.6 Å². The van der Waals surface area contributed by atoms with E-state index in [1.807, 2.05) is 0 Å². The maximum atomic E-state index is 14.0. The van der Waals surface area contributed by atoms with Crippen LogP contribution in [0, 0.1) is 0 Å². The minimum absolute atomic E-state index is 0.272. The van der Waals surface area contributed by atoms with Crippen molar-refractivity contribution in [3.63, 3.8) is 0 Å². The highest BCUT2D eigenvalue weighted by molar-refractivity contribution is 9.11. The van der Waals surface area contributed by atoms with Crippen LogP contribution < -0.4 is 14.8 Å². The lowest BCUT2D eigenvalue weighted by molar-refractivity contribution is -0.145. The highest BCUT2D eigenvalue weighted by Gasteiger charge is 2.26. The topological polar surface area (TPSA) is 115 Å². The first-order valence-corrected chi connectivity index (χ1v) is 14.7. The molecular formula is C31H29Br2NO7. The van der Waals surface area contributed by atoms with Crippen molar-refractivity contribution in [1.29, 1.82) is 0 Å². The predicted molar refractivity (Wildman–Crippen MR) is 163 cm³/mol. The van der Waals surface area contributed by atoms with Crippen molar-refractivity contribution in [2.75, 3.05) is 12.4 Å². The summed E-state index contributed by atoms with van der Waals surface area (Å²) in [6, 6.07) is 15.2. The van der Waals surface area contributed by atoms with Crippen molar-refractivity contribution in [3.05, 3.63) is 86.0 Å². The number of aliphatic carboxylic acids is 1. The summed E-state index contributed by atoms with van der Waals surface area (Å²) < 4.78 is 17.9. The Kier molecular flexibility index (Phi) is 9.88. The zero-order valence-electron chi connectivity index (χ0n) is 22.8. The molecule has 4 aromatic rings. The zero-order chi connectivity index (χ0) is 29.7. The minimum Gasteiger partial charge on any atom is -0.497 e. The van der Waals surface area contributed by atoms with Crippen LogP contribution in [0.25, 0.3) is 11.0 Å². The summed E-state index contributed by atoms with van der Waals surface area (Å²) in [5.74, 6) is -0.144. The van der Waals surface area contributed by atoms with E-state index in [4.69, 9.17) is 13.9 Å². The Morgan fingerprint density at radius 3 is 2.24 bits per heavy atom. The number of furan rings is 1. The van der Waals surface area contributed by atoms with E-state index in [1.165, 1.54) is 0 Å². The van der Waals surface area contributed by atoms with Crippen LogP contribution in [0.2, 0.25) is 0 Å². The summed E-state index contributed by atoms with van der Waals surface area (Å²) in [6.45, 7) is 3.78. The van der Waals surface area contributed by atoms with Crippen molar-refractivity contribution in [3.8, 4) is 11.5 Å². The van der Waals surface area contributed by atoms with Crippen molar-refractivity contribution < 1.29 is 33.4 Å². The van der Waals surface area contributed by atoms with Gasteiger partial charge in [-0.3, -0.25) is 9.59 Å². The van der Waals surface area contributed by atoms with Gasteiger partial charge in [0.25, 0.3) is 5.91 Å². The number of halogens is 2. The molecule has 1 amide bonds. The molecule has 0 spiro atoms. The van der Waals surface area contributed by atoms with Gasteiger partial charge in [0.1, 0.15) is 22.8 Å². The monoisotopic (exact) mass is 685 g/mol. The number of carbonyl (C=O) groups is 3. The molecule has 0 saturated carbocycles. The van der Waals surface area contributed by atoms with Crippen LogP contribution in [0.4, 0.5) is 5.69 Å². The number of hydrogen-bond donors (Lipinski definition) is 2. The Morgan fingerprint density at radius 1 is 0.976 bits per heavy atom. The lowest BCUT2D eigenvalue weighted by atomic mass is 9.98. The highest BCUT2D eigenvalue weighted by Crippen LogP contribution is 2.38. The third-order valence-electron chi connectivity index (χ3n) is 6.52. The molecule has 2 N–H and O–H groups in total. The summed E-state index contributed by atoms with van der Waals surface area (Å²) in [4.78, 5) is 38.4. The molecule has 0 saturated heterocycles. The molecule has 0 aliphatic carbocycles. The molecule has 0 bridgehead atoms. The van der Waals surface area contributed by atoms with E-state index in [0.29, 0.717) is 66.0 Å². The Morgan fingerprint density at radius 2 is 1.66 bits per heavy atom. The number of carboxylic acids is 1. The first kappa shape index (κ1) is 30.3. The summed E-state index contributed by atoms with van der Waals surface area (Å²) in [7, 11) is 1.56. The summed E-state index contributed by atoms with van der Waals surface area (Å²) in [5.41, 5.74) is 2.28. The number of benzene rings is 3. The van der Waals surface area contributed by atoms with Crippen LogP contribution in [0.5, 0.6) is 11.5 Å². The normalized spacial score (nSPS) is 11.7. The number of rotatable bonds is 12. The molecule has 10 heteroatoms. The van der Waals surface area contributed by atoms with Gasteiger partial charge < -0.3 is 24.3 Å². The molecule has 0 aliphatic rings. The third kappa shape index (κ3) is 6.82. The number of unbranched alkanes of at least 4 members (excludes halogenated alkanes) is 1. The highest BCUT2D eigenvalue weighted by atomic mass is 79.9. The number of nitrogens with one attached hydrogen (secondary N) is 1. The fourth-order valence-corrected chi connectivity index (χ4v) is 5.71. The Balaban J connectivity index is 1.71. The number of fused-ring (bicyclic) bond motifs is 1. The number of methoxy groups -OCH3 is 1. The van der Waals surface area contributed by atoms with Gasteiger partial charge in [0.15, 0.2) is 11.9 Å². The number of hydrogen-bond acceptors (Lipinski definition) is 6. The maximum Gasteiger partial charge on any atom is 0.344 e. The van der Waals surface area contributed by atoms with E-state index in [-0.39, 0.29) is 18.1 Å².